The molecule has 0 amide bonds. The fraction of sp³-hybridized carbons (Fsp3) is 0.0526. The Kier molecular flexibility index (Phi) is 6.46. The normalized spacial score (nSPS) is 10.9. The molecule has 0 N–H and O–H groups in total. The van der Waals surface area contributed by atoms with E-state index in [0.717, 1.165) is 0 Å². The van der Waals surface area contributed by atoms with Crippen LogP contribution in [0, 0.1) is 13.8 Å². The molecule has 0 aromatic heterocycles. The van der Waals surface area contributed by atoms with Crippen molar-refractivity contribution in [3.63, 3.8) is 0 Å². The second-order valence-corrected chi connectivity index (χ2v) is 9.92. The minimum atomic E-state index is 1.31. The Labute approximate surface area is 224 Å². The van der Waals surface area contributed by atoms with Gasteiger partial charge in [-0.25, -0.2) is 0 Å². The lowest BCUT2D eigenvalue weighted by atomic mass is 9.95. The zero-order valence-electron chi connectivity index (χ0n) is 21.9. The molecule has 0 aliphatic rings. The Morgan fingerprint density at radius 1 is 0.263 bits per heavy atom. The first-order chi connectivity index (χ1) is 18.7. The molecule has 0 atom stereocenters. The summed E-state index contributed by atoms with van der Waals surface area (Å²) in [5.41, 5.74) is 2.74. The van der Waals surface area contributed by atoms with Crippen molar-refractivity contribution in [3.05, 3.63) is 157 Å². The molecule has 0 saturated carbocycles. The van der Waals surface area contributed by atoms with Crippen LogP contribution in [0.15, 0.2) is 146 Å². The zero-order chi connectivity index (χ0) is 25.9. The van der Waals surface area contributed by atoms with Gasteiger partial charge in [0.05, 0.1) is 0 Å². The molecule has 0 radical (unpaired) electrons. The molecule has 0 nitrogen and oxygen atoms in total. The quantitative estimate of drug-likeness (QED) is 0.148. The van der Waals surface area contributed by atoms with Crippen LogP contribution in [0.25, 0.3) is 53.9 Å². The van der Waals surface area contributed by atoms with E-state index in [4.69, 9.17) is 0 Å². The lowest BCUT2D eigenvalue weighted by Crippen LogP contribution is -1.82. The fourth-order valence-corrected chi connectivity index (χ4v) is 5.21. The Morgan fingerprint density at radius 3 is 0.816 bits per heavy atom. The summed E-state index contributed by atoms with van der Waals surface area (Å²) in [6, 6.07) is 51.6. The third-order valence-corrected chi connectivity index (χ3v) is 7.43. The number of fused-ring (bicyclic) bond motifs is 2. The SMILES string of the molecule is Cc1ccccc1C.c1cc2ccc3cccc4ccc(c1)c2c34.c1ccc2cc3ccccc3cc2c1. The van der Waals surface area contributed by atoms with Gasteiger partial charge < -0.3 is 0 Å². The summed E-state index contributed by atoms with van der Waals surface area (Å²) in [7, 11) is 0. The van der Waals surface area contributed by atoms with Crippen LogP contribution in [-0.2, 0) is 0 Å². The van der Waals surface area contributed by atoms with Gasteiger partial charge in [0.25, 0.3) is 0 Å². The lowest BCUT2D eigenvalue weighted by Gasteiger charge is -2.09. The maximum Gasteiger partial charge on any atom is -0.00268 e. The number of rotatable bonds is 0. The Bertz CT molecular complexity index is 1740. The molecule has 0 aliphatic carbocycles. The highest BCUT2D eigenvalue weighted by atomic mass is 14.1. The van der Waals surface area contributed by atoms with Crippen molar-refractivity contribution >= 4 is 53.9 Å². The summed E-state index contributed by atoms with van der Waals surface area (Å²) in [4.78, 5) is 0. The first-order valence-electron chi connectivity index (χ1n) is 13.2. The van der Waals surface area contributed by atoms with Crippen LogP contribution in [0.1, 0.15) is 11.1 Å². The Balaban J connectivity index is 0.000000110. The molecular weight excluding hydrogens is 456 g/mol. The highest BCUT2D eigenvalue weighted by Crippen LogP contribution is 2.33. The molecule has 0 heteroatoms. The van der Waals surface area contributed by atoms with Gasteiger partial charge in [-0.05, 0) is 91.0 Å². The van der Waals surface area contributed by atoms with Crippen molar-refractivity contribution in [3.8, 4) is 0 Å². The standard InChI is InChI=1S/C16H10.C14H10.C8H10/c1-3-11-7-9-13-5-2-6-14-10-8-12(4-1)15(11)16(13)14;1-2-6-12-10-14-8-4-3-7-13(14)9-11(12)5-1;1-7-5-3-4-6-8(7)2/h1-10H;1-10H;3-6H,1-2H3. The van der Waals surface area contributed by atoms with E-state index < -0.39 is 0 Å². The minimum Gasteiger partial charge on any atom is -0.0620 e. The minimum absolute atomic E-state index is 1.31. The van der Waals surface area contributed by atoms with Gasteiger partial charge >= 0.3 is 0 Å². The van der Waals surface area contributed by atoms with Crippen LogP contribution in [0.3, 0.4) is 0 Å². The maximum absolute atomic E-state index is 2.24. The van der Waals surface area contributed by atoms with Crippen LogP contribution in [0.5, 0.6) is 0 Å². The van der Waals surface area contributed by atoms with E-state index >= 15 is 0 Å². The van der Waals surface area contributed by atoms with Crippen LogP contribution in [-0.4, -0.2) is 0 Å². The molecule has 0 heterocycles. The average molecular weight is 487 g/mol. The maximum atomic E-state index is 2.24. The molecule has 0 fully saturated rings. The van der Waals surface area contributed by atoms with E-state index in [0.29, 0.717) is 0 Å². The van der Waals surface area contributed by atoms with Gasteiger partial charge in [0.1, 0.15) is 0 Å². The average Bonchev–Trinajstić information content (AvgIpc) is 2.97. The van der Waals surface area contributed by atoms with Gasteiger partial charge in [0, 0.05) is 0 Å². The molecule has 182 valence electrons. The molecule has 8 rings (SSSR count). The summed E-state index contributed by atoms with van der Waals surface area (Å²) in [6.45, 7) is 4.24. The largest absolute Gasteiger partial charge is 0.0620 e. The van der Waals surface area contributed by atoms with Gasteiger partial charge in [-0.3, -0.25) is 0 Å². The van der Waals surface area contributed by atoms with Crippen LogP contribution in [0.4, 0.5) is 0 Å². The number of hydrogen-bond acceptors (Lipinski definition) is 0. The van der Waals surface area contributed by atoms with Gasteiger partial charge in [-0.2, -0.15) is 0 Å². The summed E-state index contributed by atoms with van der Waals surface area (Å²) < 4.78 is 0. The van der Waals surface area contributed by atoms with Gasteiger partial charge in [-0.15, -0.1) is 0 Å². The lowest BCUT2D eigenvalue weighted by molar-refractivity contribution is 1.34. The number of aryl methyl sites for hydroxylation is 2. The van der Waals surface area contributed by atoms with Gasteiger partial charge in [0.2, 0.25) is 0 Å². The van der Waals surface area contributed by atoms with Crippen molar-refractivity contribution in [2.75, 3.05) is 0 Å². The van der Waals surface area contributed by atoms with E-state index in [1.165, 1.54) is 65.0 Å². The number of hydrogen-bond donors (Lipinski definition) is 0. The molecule has 8 aromatic carbocycles. The predicted molar refractivity (Wildman–Crippen MR) is 168 cm³/mol. The molecule has 0 aliphatic heterocycles. The van der Waals surface area contributed by atoms with E-state index in [9.17, 15) is 0 Å². The Hall–Kier alpha value is -4.68. The third kappa shape index (κ3) is 4.69. The highest BCUT2D eigenvalue weighted by molar-refractivity contribution is 6.22. The number of benzene rings is 8. The molecular formula is C38H30. The van der Waals surface area contributed by atoms with Crippen molar-refractivity contribution in [2.45, 2.75) is 13.8 Å². The molecule has 0 bridgehead atoms. The van der Waals surface area contributed by atoms with Gasteiger partial charge in [-0.1, -0.05) is 133 Å². The second kappa shape index (κ2) is 10.4. The van der Waals surface area contributed by atoms with Gasteiger partial charge in [0.15, 0.2) is 0 Å². The van der Waals surface area contributed by atoms with E-state index in [2.05, 4.69) is 159 Å². The third-order valence-electron chi connectivity index (χ3n) is 7.43. The van der Waals surface area contributed by atoms with E-state index in [-0.39, 0.29) is 0 Å². The van der Waals surface area contributed by atoms with E-state index in [1.807, 2.05) is 0 Å². The van der Waals surface area contributed by atoms with Crippen molar-refractivity contribution in [2.24, 2.45) is 0 Å². The smallest absolute Gasteiger partial charge is 0.00268 e. The monoisotopic (exact) mass is 486 g/mol. The summed E-state index contributed by atoms with van der Waals surface area (Å²) in [5, 5.41) is 13.4. The summed E-state index contributed by atoms with van der Waals surface area (Å²) in [6.07, 6.45) is 0. The molecule has 38 heavy (non-hydrogen) atoms. The topological polar surface area (TPSA) is 0 Å². The van der Waals surface area contributed by atoms with Crippen molar-refractivity contribution in [1.82, 2.24) is 0 Å². The predicted octanol–water partition coefficient (Wildman–Crippen LogP) is 10.9. The zero-order valence-corrected chi connectivity index (χ0v) is 21.9. The molecule has 0 spiro atoms. The fourth-order valence-electron chi connectivity index (χ4n) is 5.21. The van der Waals surface area contributed by atoms with Crippen LogP contribution < -0.4 is 0 Å². The first-order valence-corrected chi connectivity index (χ1v) is 13.2. The van der Waals surface area contributed by atoms with Crippen molar-refractivity contribution < 1.29 is 0 Å². The summed E-state index contributed by atoms with van der Waals surface area (Å²) in [5.74, 6) is 0. The second-order valence-electron chi connectivity index (χ2n) is 9.92. The highest BCUT2D eigenvalue weighted by Gasteiger charge is 2.06. The van der Waals surface area contributed by atoms with Crippen LogP contribution >= 0.6 is 0 Å². The van der Waals surface area contributed by atoms with E-state index in [1.54, 1.807) is 0 Å². The molecule has 8 aromatic rings. The van der Waals surface area contributed by atoms with Crippen LogP contribution in [0.2, 0.25) is 0 Å². The molecule has 0 unspecified atom stereocenters. The molecule has 0 saturated heterocycles. The summed E-state index contributed by atoms with van der Waals surface area (Å²) >= 11 is 0. The first kappa shape index (κ1) is 23.7. The Morgan fingerprint density at radius 2 is 0.526 bits per heavy atom. The van der Waals surface area contributed by atoms with Crippen molar-refractivity contribution in [1.29, 1.82) is 0 Å².